The number of alkyl halides is 3. The zero-order chi connectivity index (χ0) is 30.4. The monoisotopic (exact) mass is 625 g/mol. The fourth-order valence-electron chi connectivity index (χ4n) is 3.49. The molecule has 1 amide bonds. The van der Waals surface area contributed by atoms with Gasteiger partial charge in [0.1, 0.15) is 29.2 Å². The van der Waals surface area contributed by atoms with E-state index in [2.05, 4.69) is 9.71 Å². The highest BCUT2D eigenvalue weighted by Gasteiger charge is 2.45. The summed E-state index contributed by atoms with van der Waals surface area (Å²) in [5.41, 5.74) is -0.518. The van der Waals surface area contributed by atoms with E-state index in [-0.39, 0.29) is 42.5 Å². The van der Waals surface area contributed by atoms with E-state index in [4.69, 9.17) is 35.3 Å². The number of pyridine rings is 1. The summed E-state index contributed by atoms with van der Waals surface area (Å²) in [5.74, 6) is -0.150. The molecule has 0 saturated heterocycles. The van der Waals surface area contributed by atoms with E-state index in [1.165, 1.54) is 13.2 Å². The zero-order valence-corrected chi connectivity index (χ0v) is 24.3. The van der Waals surface area contributed by atoms with Crippen LogP contribution in [0.1, 0.15) is 37.3 Å². The van der Waals surface area contributed by atoms with Crippen LogP contribution in [0.15, 0.2) is 30.5 Å². The Labute approximate surface area is 241 Å². The molecule has 0 aliphatic heterocycles. The molecule has 41 heavy (non-hydrogen) atoms. The van der Waals surface area contributed by atoms with Gasteiger partial charge in [0.2, 0.25) is 5.88 Å². The number of hydrogen-bond donors (Lipinski definition) is 1. The van der Waals surface area contributed by atoms with E-state index >= 15 is 0 Å². The molecule has 1 aliphatic carbocycles. The van der Waals surface area contributed by atoms with Crippen LogP contribution in [0.4, 0.5) is 18.0 Å². The smallest absolute Gasteiger partial charge is 0.424 e. The second kappa shape index (κ2) is 13.9. The zero-order valence-electron chi connectivity index (χ0n) is 22.7. The molecule has 2 aromatic rings. The summed E-state index contributed by atoms with van der Waals surface area (Å²) < 4.78 is 93.7. The predicted molar refractivity (Wildman–Crippen MR) is 142 cm³/mol. The van der Waals surface area contributed by atoms with Gasteiger partial charge < -0.3 is 23.7 Å². The van der Waals surface area contributed by atoms with Crippen molar-refractivity contribution in [1.82, 2.24) is 14.0 Å². The van der Waals surface area contributed by atoms with Gasteiger partial charge >= 0.3 is 22.5 Å². The molecule has 1 saturated carbocycles. The highest BCUT2D eigenvalue weighted by Crippen LogP contribution is 2.49. The Morgan fingerprint density at radius 3 is 2.59 bits per heavy atom. The average Bonchev–Trinajstić information content (AvgIpc) is 3.65. The SMILES string of the molecule is COCCOc1ccc([C@@H]2C[C@H]2OC(=O)N(C)S(=O)(=O)NCCOC(C)C)c(Oc2ncc(C(F)(F)F)cc2Cl)c1. The second-order valence-electron chi connectivity index (χ2n) is 9.20. The molecule has 3 rings (SSSR count). The van der Waals surface area contributed by atoms with E-state index < -0.39 is 40.1 Å². The number of methoxy groups -OCH3 is 1. The number of carbonyl (C=O) groups is 1. The van der Waals surface area contributed by atoms with Crippen LogP contribution in [0.25, 0.3) is 0 Å². The third-order valence-corrected chi connectivity index (χ3v) is 7.43. The Kier molecular flexibility index (Phi) is 11.1. The number of aromatic nitrogens is 1. The lowest BCUT2D eigenvalue weighted by atomic mass is 10.1. The minimum atomic E-state index is -4.64. The lowest BCUT2D eigenvalue weighted by molar-refractivity contribution is -0.137. The molecule has 1 heterocycles. The quantitative estimate of drug-likeness (QED) is 0.296. The van der Waals surface area contributed by atoms with Crippen molar-refractivity contribution in [3.05, 3.63) is 46.6 Å². The van der Waals surface area contributed by atoms with Crippen molar-refractivity contribution in [2.24, 2.45) is 0 Å². The van der Waals surface area contributed by atoms with Crippen LogP contribution in [0, 0.1) is 0 Å². The molecule has 1 fully saturated rings. The van der Waals surface area contributed by atoms with Crippen LogP contribution in [0.5, 0.6) is 17.4 Å². The summed E-state index contributed by atoms with van der Waals surface area (Å²) in [6.07, 6.45) is -5.57. The molecular formula is C25H31ClF3N3O8S. The molecule has 1 N–H and O–H groups in total. The largest absolute Gasteiger partial charge is 0.491 e. The first-order valence-corrected chi connectivity index (χ1v) is 14.3. The van der Waals surface area contributed by atoms with Crippen LogP contribution in [0.3, 0.4) is 0 Å². The van der Waals surface area contributed by atoms with E-state index in [0.29, 0.717) is 40.9 Å². The fourth-order valence-corrected chi connectivity index (χ4v) is 4.47. The second-order valence-corrected chi connectivity index (χ2v) is 11.4. The number of amides is 1. The van der Waals surface area contributed by atoms with E-state index in [0.717, 1.165) is 7.05 Å². The number of nitrogens with zero attached hydrogens (tertiary/aromatic N) is 2. The molecule has 0 radical (unpaired) electrons. The van der Waals surface area contributed by atoms with Gasteiger partial charge in [0.25, 0.3) is 0 Å². The van der Waals surface area contributed by atoms with Gasteiger partial charge in [0, 0.05) is 44.4 Å². The molecule has 16 heteroatoms. The topological polar surface area (TPSA) is 126 Å². The molecule has 1 aliphatic rings. The Bertz CT molecular complexity index is 1310. The van der Waals surface area contributed by atoms with Gasteiger partial charge in [0.05, 0.1) is 24.9 Å². The maximum Gasteiger partial charge on any atom is 0.424 e. The molecule has 228 valence electrons. The third kappa shape index (κ3) is 9.33. The minimum Gasteiger partial charge on any atom is -0.491 e. The summed E-state index contributed by atoms with van der Waals surface area (Å²) in [7, 11) is -1.60. The van der Waals surface area contributed by atoms with Gasteiger partial charge in [-0.3, -0.25) is 0 Å². The molecule has 0 bridgehead atoms. The fraction of sp³-hybridized carbons (Fsp3) is 0.520. The van der Waals surface area contributed by atoms with Crippen molar-refractivity contribution in [2.75, 3.05) is 40.5 Å². The van der Waals surface area contributed by atoms with Crippen LogP contribution in [-0.2, 0) is 30.6 Å². The van der Waals surface area contributed by atoms with Crippen molar-refractivity contribution >= 4 is 27.9 Å². The minimum absolute atomic E-state index is 0.0375. The number of benzene rings is 1. The van der Waals surface area contributed by atoms with Gasteiger partial charge in [-0.1, -0.05) is 17.7 Å². The third-order valence-electron chi connectivity index (χ3n) is 5.72. The normalized spacial score (nSPS) is 16.9. The first-order chi connectivity index (χ1) is 19.2. The van der Waals surface area contributed by atoms with Crippen molar-refractivity contribution in [1.29, 1.82) is 0 Å². The number of rotatable bonds is 14. The van der Waals surface area contributed by atoms with Gasteiger partial charge in [-0.15, -0.1) is 0 Å². The highest BCUT2D eigenvalue weighted by atomic mass is 35.5. The number of hydrogen-bond acceptors (Lipinski definition) is 9. The van der Waals surface area contributed by atoms with Crippen LogP contribution in [0.2, 0.25) is 5.02 Å². The Balaban J connectivity index is 1.73. The highest BCUT2D eigenvalue weighted by molar-refractivity contribution is 7.87. The van der Waals surface area contributed by atoms with Gasteiger partial charge in [-0.25, -0.2) is 9.78 Å². The number of nitrogens with one attached hydrogen (secondary N) is 1. The Morgan fingerprint density at radius 2 is 1.95 bits per heavy atom. The first kappa shape index (κ1) is 32.7. The number of carbonyl (C=O) groups excluding carboxylic acids is 1. The maximum absolute atomic E-state index is 13.0. The first-order valence-electron chi connectivity index (χ1n) is 12.4. The van der Waals surface area contributed by atoms with Crippen LogP contribution in [-0.4, -0.2) is 76.5 Å². The number of ether oxygens (including phenoxy) is 5. The van der Waals surface area contributed by atoms with Crippen LogP contribution >= 0.6 is 11.6 Å². The summed E-state index contributed by atoms with van der Waals surface area (Å²) in [6, 6.07) is 5.47. The predicted octanol–water partition coefficient (Wildman–Crippen LogP) is 4.76. The van der Waals surface area contributed by atoms with Crippen LogP contribution < -0.4 is 14.2 Å². The molecule has 2 atom stereocenters. The Hall–Kier alpha value is -2.85. The summed E-state index contributed by atoms with van der Waals surface area (Å²) in [4.78, 5) is 16.3. The summed E-state index contributed by atoms with van der Waals surface area (Å²) >= 11 is 6.03. The molecule has 0 spiro atoms. The molecule has 1 aromatic carbocycles. The standard InChI is InChI=1S/C25H31ClF3N3O8S/c1-15(2)37-8-7-31-41(34,35)32(3)24(33)40-22-13-19(22)18-6-5-17(38-10-9-36-4)12-21(18)39-23-20(26)11-16(14-30-23)25(27,28)29/h5-6,11-12,14-15,19,22,31H,7-10,13H2,1-4H3/t19-,22+/m0/s1. The van der Waals surface area contributed by atoms with Crippen molar-refractivity contribution in [3.63, 3.8) is 0 Å². The summed E-state index contributed by atoms with van der Waals surface area (Å²) in [5, 5.41) is -0.367. The van der Waals surface area contributed by atoms with Crippen molar-refractivity contribution in [2.45, 2.75) is 44.6 Å². The molecule has 0 unspecified atom stereocenters. The maximum atomic E-state index is 13.0. The molecular weight excluding hydrogens is 595 g/mol. The molecule has 1 aromatic heterocycles. The van der Waals surface area contributed by atoms with E-state index in [1.807, 2.05) is 0 Å². The van der Waals surface area contributed by atoms with Crippen molar-refractivity contribution < 1.29 is 50.1 Å². The van der Waals surface area contributed by atoms with Gasteiger partial charge in [-0.05, 0) is 32.4 Å². The van der Waals surface area contributed by atoms with Gasteiger partial charge in [0.15, 0.2) is 0 Å². The lowest BCUT2D eigenvalue weighted by Gasteiger charge is -2.18. The Morgan fingerprint density at radius 1 is 1.22 bits per heavy atom. The van der Waals surface area contributed by atoms with Gasteiger partial charge in [-0.2, -0.15) is 30.6 Å². The number of halogens is 4. The summed E-state index contributed by atoms with van der Waals surface area (Å²) in [6.45, 7) is 4.21. The van der Waals surface area contributed by atoms with Crippen molar-refractivity contribution in [3.8, 4) is 17.4 Å². The van der Waals surface area contributed by atoms with E-state index in [1.54, 1.807) is 26.0 Å². The molecule has 11 nitrogen and oxygen atoms in total. The lowest BCUT2D eigenvalue weighted by Crippen LogP contribution is -2.43. The average molecular weight is 626 g/mol. The van der Waals surface area contributed by atoms with E-state index in [9.17, 15) is 26.4 Å².